The fourth-order valence-electron chi connectivity index (χ4n) is 2.84. The molecule has 3 rings (SSSR count). The van der Waals surface area contributed by atoms with Gasteiger partial charge in [-0.25, -0.2) is 4.39 Å². The van der Waals surface area contributed by atoms with Gasteiger partial charge in [0.05, 0.1) is 6.04 Å². The van der Waals surface area contributed by atoms with Crippen molar-refractivity contribution in [3.05, 3.63) is 65.5 Å². The maximum Gasteiger partial charge on any atom is 0.256 e. The lowest BCUT2D eigenvalue weighted by Crippen LogP contribution is -2.51. The second kappa shape index (κ2) is 7.03. The number of ether oxygens (including phenoxy) is 1. The minimum Gasteiger partial charge on any atom is -0.356 e. The van der Waals surface area contributed by atoms with Crippen molar-refractivity contribution in [2.75, 3.05) is 19.0 Å². The maximum atomic E-state index is 13.0. The molecule has 2 unspecified atom stereocenters. The molecule has 0 radical (unpaired) electrons. The Kier molecular flexibility index (Phi) is 4.81. The summed E-state index contributed by atoms with van der Waals surface area (Å²) in [6, 6.07) is 12.6. The first-order valence-corrected chi connectivity index (χ1v) is 7.96. The summed E-state index contributed by atoms with van der Waals surface area (Å²) >= 11 is 0. The molecule has 1 fully saturated rings. The Hall–Kier alpha value is -2.73. The first-order valence-electron chi connectivity index (χ1n) is 7.96. The molecule has 1 aliphatic rings. The van der Waals surface area contributed by atoms with Gasteiger partial charge < -0.3 is 15.0 Å². The van der Waals surface area contributed by atoms with Gasteiger partial charge in [-0.05, 0) is 36.8 Å². The number of carbonyl (C=O) groups is 2. The Morgan fingerprint density at radius 3 is 2.44 bits per heavy atom. The first kappa shape index (κ1) is 17.1. The van der Waals surface area contributed by atoms with Gasteiger partial charge in [-0.2, -0.15) is 0 Å². The van der Waals surface area contributed by atoms with E-state index >= 15 is 0 Å². The number of hydrogen-bond donors (Lipinski definition) is 1. The Labute approximate surface area is 145 Å². The van der Waals surface area contributed by atoms with Gasteiger partial charge in [0.2, 0.25) is 5.91 Å². The summed E-state index contributed by atoms with van der Waals surface area (Å²) in [7, 11) is 1.66. The van der Waals surface area contributed by atoms with Crippen LogP contribution in [-0.4, -0.2) is 36.5 Å². The maximum absolute atomic E-state index is 13.0. The molecule has 130 valence electrons. The van der Waals surface area contributed by atoms with E-state index in [2.05, 4.69) is 5.32 Å². The second-order valence-electron chi connectivity index (χ2n) is 6.09. The molecule has 1 N–H and O–H groups in total. The van der Waals surface area contributed by atoms with Crippen molar-refractivity contribution in [3.8, 4) is 0 Å². The molecule has 0 saturated carbocycles. The minimum atomic E-state index is -0.851. The van der Waals surface area contributed by atoms with Crippen LogP contribution in [0.15, 0.2) is 48.5 Å². The molecule has 2 aromatic rings. The van der Waals surface area contributed by atoms with E-state index in [1.807, 2.05) is 31.2 Å². The van der Waals surface area contributed by atoms with Gasteiger partial charge in [-0.15, -0.1) is 0 Å². The molecule has 0 spiro atoms. The molecule has 0 bridgehead atoms. The van der Waals surface area contributed by atoms with Crippen LogP contribution in [0.25, 0.3) is 0 Å². The zero-order valence-corrected chi connectivity index (χ0v) is 14.0. The van der Waals surface area contributed by atoms with Crippen LogP contribution >= 0.6 is 0 Å². The molecular weight excluding hydrogens is 323 g/mol. The Bertz CT molecular complexity index is 774. The Morgan fingerprint density at radius 2 is 1.80 bits per heavy atom. The molecule has 2 aromatic carbocycles. The zero-order chi connectivity index (χ0) is 18.0. The average molecular weight is 342 g/mol. The van der Waals surface area contributed by atoms with Crippen molar-refractivity contribution in [2.45, 2.75) is 19.1 Å². The fraction of sp³-hybridized carbons (Fsp3) is 0.263. The molecule has 2 atom stereocenters. The number of amides is 2. The van der Waals surface area contributed by atoms with E-state index in [-0.39, 0.29) is 24.2 Å². The van der Waals surface area contributed by atoms with Gasteiger partial charge in [-0.3, -0.25) is 9.59 Å². The number of nitrogens with zero attached hydrogens (tertiary/aromatic N) is 1. The number of nitrogens with one attached hydrogen (secondary N) is 1. The number of halogens is 1. The summed E-state index contributed by atoms with van der Waals surface area (Å²) in [6.45, 7) is 1.81. The summed E-state index contributed by atoms with van der Waals surface area (Å²) in [5.74, 6) is -0.942. The van der Waals surface area contributed by atoms with E-state index in [1.54, 1.807) is 7.05 Å². The highest BCUT2D eigenvalue weighted by molar-refractivity contribution is 5.96. The van der Waals surface area contributed by atoms with Gasteiger partial charge in [0, 0.05) is 12.7 Å². The lowest BCUT2D eigenvalue weighted by atomic mass is 9.96. The molecule has 6 heteroatoms. The van der Waals surface area contributed by atoms with E-state index in [0.717, 1.165) is 11.1 Å². The summed E-state index contributed by atoms with van der Waals surface area (Å²) < 4.78 is 18.5. The van der Waals surface area contributed by atoms with Crippen molar-refractivity contribution in [3.63, 3.8) is 0 Å². The number of rotatable bonds is 3. The quantitative estimate of drug-likeness (QED) is 0.933. The number of hydrogen-bond acceptors (Lipinski definition) is 3. The predicted octanol–water partition coefficient (Wildman–Crippen LogP) is 2.67. The van der Waals surface area contributed by atoms with E-state index in [0.29, 0.717) is 5.69 Å². The van der Waals surface area contributed by atoms with Gasteiger partial charge >= 0.3 is 0 Å². The van der Waals surface area contributed by atoms with Gasteiger partial charge in [0.25, 0.3) is 5.91 Å². The highest BCUT2D eigenvalue weighted by atomic mass is 19.1. The number of anilines is 1. The number of carbonyl (C=O) groups excluding carboxylic acids is 2. The summed E-state index contributed by atoms with van der Waals surface area (Å²) in [4.78, 5) is 26.3. The molecular formula is C19H19FN2O3. The van der Waals surface area contributed by atoms with Crippen LogP contribution < -0.4 is 5.32 Å². The largest absolute Gasteiger partial charge is 0.356 e. The molecule has 0 aliphatic carbocycles. The van der Waals surface area contributed by atoms with Crippen LogP contribution in [0.4, 0.5) is 10.1 Å². The number of aryl methyl sites for hydroxylation is 1. The van der Waals surface area contributed by atoms with E-state index in [1.165, 1.54) is 29.2 Å². The third kappa shape index (κ3) is 3.69. The summed E-state index contributed by atoms with van der Waals surface area (Å²) in [5.41, 5.74) is 2.37. The molecule has 5 nitrogen and oxygen atoms in total. The third-order valence-electron chi connectivity index (χ3n) is 4.27. The third-order valence-corrected chi connectivity index (χ3v) is 4.27. The van der Waals surface area contributed by atoms with Crippen LogP contribution in [0.1, 0.15) is 17.2 Å². The zero-order valence-electron chi connectivity index (χ0n) is 14.0. The lowest BCUT2D eigenvalue weighted by Gasteiger charge is -2.38. The average Bonchev–Trinajstić information content (AvgIpc) is 2.60. The standard InChI is InChI=1S/C19H19FN2O3/c1-12-3-5-13(6-4-12)17-18(25-11-16(23)22(17)2)19(24)21-15-9-7-14(20)8-10-15/h3-10,17-18H,11H2,1-2H3,(H,21,24). The highest BCUT2D eigenvalue weighted by Crippen LogP contribution is 2.30. The SMILES string of the molecule is Cc1ccc(C2C(C(=O)Nc3ccc(F)cc3)OCC(=O)N2C)cc1. The molecule has 1 saturated heterocycles. The van der Waals surface area contributed by atoms with E-state index in [4.69, 9.17) is 4.74 Å². The van der Waals surface area contributed by atoms with Crippen molar-refractivity contribution < 1.29 is 18.7 Å². The normalized spacial score (nSPS) is 20.4. The Morgan fingerprint density at radius 1 is 1.16 bits per heavy atom. The van der Waals surface area contributed by atoms with Crippen LogP contribution in [0.3, 0.4) is 0 Å². The second-order valence-corrected chi connectivity index (χ2v) is 6.09. The van der Waals surface area contributed by atoms with Crippen molar-refractivity contribution in [1.29, 1.82) is 0 Å². The lowest BCUT2D eigenvalue weighted by molar-refractivity contribution is -0.160. The topological polar surface area (TPSA) is 58.6 Å². The van der Waals surface area contributed by atoms with Crippen LogP contribution in [0.2, 0.25) is 0 Å². The minimum absolute atomic E-state index is 0.152. The van der Waals surface area contributed by atoms with Gasteiger partial charge in [-0.1, -0.05) is 29.8 Å². The predicted molar refractivity (Wildman–Crippen MR) is 91.5 cm³/mol. The number of benzene rings is 2. The first-order chi connectivity index (χ1) is 12.0. The molecule has 1 heterocycles. The van der Waals surface area contributed by atoms with Crippen LogP contribution in [0, 0.1) is 12.7 Å². The molecule has 1 aliphatic heterocycles. The van der Waals surface area contributed by atoms with Crippen LogP contribution in [-0.2, 0) is 14.3 Å². The fourth-order valence-corrected chi connectivity index (χ4v) is 2.84. The van der Waals surface area contributed by atoms with Crippen molar-refractivity contribution >= 4 is 17.5 Å². The van der Waals surface area contributed by atoms with Crippen molar-refractivity contribution in [1.82, 2.24) is 4.90 Å². The number of likely N-dealkylation sites (N-methyl/N-ethyl adjacent to an activating group) is 1. The van der Waals surface area contributed by atoms with Crippen LogP contribution in [0.5, 0.6) is 0 Å². The van der Waals surface area contributed by atoms with Crippen molar-refractivity contribution in [2.24, 2.45) is 0 Å². The smallest absolute Gasteiger partial charge is 0.256 e. The van der Waals surface area contributed by atoms with Gasteiger partial charge in [0.15, 0.2) is 6.10 Å². The highest BCUT2D eigenvalue weighted by Gasteiger charge is 2.40. The Balaban J connectivity index is 1.85. The molecule has 0 aromatic heterocycles. The summed E-state index contributed by atoms with van der Waals surface area (Å²) in [5, 5.41) is 2.72. The monoisotopic (exact) mass is 342 g/mol. The molecule has 2 amide bonds. The van der Waals surface area contributed by atoms with E-state index < -0.39 is 12.1 Å². The molecule has 25 heavy (non-hydrogen) atoms. The summed E-state index contributed by atoms with van der Waals surface area (Å²) in [6.07, 6.45) is -0.851. The van der Waals surface area contributed by atoms with Gasteiger partial charge in [0.1, 0.15) is 12.4 Å². The number of morpholine rings is 1. The van der Waals surface area contributed by atoms with E-state index in [9.17, 15) is 14.0 Å².